The molecule has 1 heterocycles. The molecule has 0 bridgehead atoms. The van der Waals surface area contributed by atoms with Crippen molar-refractivity contribution in [3.05, 3.63) is 0 Å². The molecule has 1 aliphatic rings. The number of thioether (sulfide) groups is 1. The molecule has 1 unspecified atom stereocenters. The minimum Gasteiger partial charge on any atom is -0.365 e. The van der Waals surface area contributed by atoms with E-state index in [0.29, 0.717) is 5.25 Å². The van der Waals surface area contributed by atoms with Gasteiger partial charge >= 0.3 is 0 Å². The van der Waals surface area contributed by atoms with Crippen LogP contribution in [-0.2, 0) is 0 Å². The molecule has 0 aromatic carbocycles. The van der Waals surface area contributed by atoms with Crippen molar-refractivity contribution < 1.29 is 0 Å². The highest BCUT2D eigenvalue weighted by Crippen LogP contribution is 2.25. The largest absolute Gasteiger partial charge is 0.365 e. The molecule has 0 spiro atoms. The molecule has 1 aliphatic heterocycles. The highest BCUT2D eigenvalue weighted by atomic mass is 32.2. The van der Waals surface area contributed by atoms with E-state index in [9.17, 15) is 0 Å². The molecule has 4 heteroatoms. The van der Waals surface area contributed by atoms with E-state index in [1.165, 1.54) is 6.42 Å². The van der Waals surface area contributed by atoms with E-state index in [2.05, 4.69) is 43.2 Å². The zero-order valence-electron chi connectivity index (χ0n) is 10.3. The van der Waals surface area contributed by atoms with Crippen LogP contribution in [0.3, 0.4) is 0 Å². The standard InChI is InChI=1S/C11H23N3S/c1-9(2)10-8-13-11(15-10)12-6-5-7-14(3)4/h9-10H,5-8H2,1-4H3,(H,12,13). The predicted octanol–water partition coefficient (Wildman–Crippen LogP) is 1.66. The molecular weight excluding hydrogens is 206 g/mol. The molecule has 0 aromatic rings. The van der Waals surface area contributed by atoms with Crippen LogP contribution in [0.2, 0.25) is 0 Å². The molecule has 0 aromatic heterocycles. The second kappa shape index (κ2) is 6.38. The lowest BCUT2D eigenvalue weighted by molar-refractivity contribution is 0.400. The first kappa shape index (κ1) is 12.8. The van der Waals surface area contributed by atoms with Crippen LogP contribution >= 0.6 is 11.8 Å². The molecule has 0 fully saturated rings. The summed E-state index contributed by atoms with van der Waals surface area (Å²) in [5.41, 5.74) is 0. The quantitative estimate of drug-likeness (QED) is 0.727. The van der Waals surface area contributed by atoms with E-state index in [4.69, 9.17) is 0 Å². The maximum absolute atomic E-state index is 4.51. The maximum atomic E-state index is 4.51. The van der Waals surface area contributed by atoms with Crippen molar-refractivity contribution in [1.82, 2.24) is 10.2 Å². The fourth-order valence-electron chi connectivity index (χ4n) is 1.43. The van der Waals surface area contributed by atoms with Gasteiger partial charge in [0.15, 0.2) is 5.17 Å². The van der Waals surface area contributed by atoms with E-state index in [1.54, 1.807) is 0 Å². The van der Waals surface area contributed by atoms with E-state index in [1.807, 2.05) is 11.8 Å². The van der Waals surface area contributed by atoms with Crippen LogP contribution in [0.15, 0.2) is 4.99 Å². The molecule has 1 atom stereocenters. The Balaban J connectivity index is 2.09. The third kappa shape index (κ3) is 4.89. The number of rotatable bonds is 5. The van der Waals surface area contributed by atoms with Gasteiger partial charge in [-0.1, -0.05) is 25.6 Å². The first-order valence-electron chi connectivity index (χ1n) is 5.69. The van der Waals surface area contributed by atoms with Crippen molar-refractivity contribution >= 4 is 16.9 Å². The van der Waals surface area contributed by atoms with Crippen LogP contribution in [0.1, 0.15) is 20.3 Å². The molecule has 0 radical (unpaired) electrons. The van der Waals surface area contributed by atoms with Gasteiger partial charge in [0.1, 0.15) is 0 Å². The summed E-state index contributed by atoms with van der Waals surface area (Å²) in [5.74, 6) is 0.722. The van der Waals surface area contributed by atoms with Crippen LogP contribution in [0.5, 0.6) is 0 Å². The average Bonchev–Trinajstić information content (AvgIpc) is 2.60. The van der Waals surface area contributed by atoms with E-state index < -0.39 is 0 Å². The fourth-order valence-corrected chi connectivity index (χ4v) is 2.47. The van der Waals surface area contributed by atoms with Crippen molar-refractivity contribution in [2.45, 2.75) is 25.5 Å². The Hall–Kier alpha value is -0.220. The van der Waals surface area contributed by atoms with Crippen LogP contribution in [-0.4, -0.2) is 49.0 Å². The number of nitrogens with zero attached hydrogens (tertiary/aromatic N) is 2. The van der Waals surface area contributed by atoms with E-state index in [-0.39, 0.29) is 0 Å². The Labute approximate surface area is 97.7 Å². The summed E-state index contributed by atoms with van der Waals surface area (Å²) >= 11 is 1.90. The Bertz CT molecular complexity index is 214. The summed E-state index contributed by atoms with van der Waals surface area (Å²) in [4.78, 5) is 6.72. The highest BCUT2D eigenvalue weighted by molar-refractivity contribution is 8.14. The molecule has 0 saturated heterocycles. The van der Waals surface area contributed by atoms with Gasteiger partial charge in [-0.2, -0.15) is 0 Å². The van der Waals surface area contributed by atoms with Gasteiger partial charge in [0.2, 0.25) is 0 Å². The van der Waals surface area contributed by atoms with Gasteiger partial charge in [-0.15, -0.1) is 0 Å². The fraction of sp³-hybridized carbons (Fsp3) is 0.909. The van der Waals surface area contributed by atoms with Crippen LogP contribution in [0.25, 0.3) is 0 Å². The zero-order valence-corrected chi connectivity index (χ0v) is 11.1. The molecule has 0 amide bonds. The van der Waals surface area contributed by atoms with Gasteiger partial charge in [-0.25, -0.2) is 0 Å². The number of amidine groups is 1. The van der Waals surface area contributed by atoms with Gasteiger partial charge < -0.3 is 10.2 Å². The zero-order chi connectivity index (χ0) is 11.3. The Morgan fingerprint density at radius 2 is 2.27 bits per heavy atom. The third-order valence-corrected chi connectivity index (χ3v) is 3.97. The molecule has 1 rings (SSSR count). The summed E-state index contributed by atoms with van der Waals surface area (Å²) < 4.78 is 0. The first-order chi connectivity index (χ1) is 7.09. The molecule has 1 N–H and O–H groups in total. The SMILES string of the molecule is CC(C)C1CN=C(NCCCN(C)C)S1. The smallest absolute Gasteiger partial charge is 0.156 e. The lowest BCUT2D eigenvalue weighted by atomic mass is 10.1. The summed E-state index contributed by atoms with van der Waals surface area (Å²) in [6.07, 6.45) is 1.18. The number of aliphatic imine (C=N–C) groups is 1. The van der Waals surface area contributed by atoms with E-state index >= 15 is 0 Å². The molecule has 88 valence electrons. The van der Waals surface area contributed by atoms with Crippen molar-refractivity contribution in [3.63, 3.8) is 0 Å². The minimum atomic E-state index is 0.682. The second-order valence-electron chi connectivity index (χ2n) is 4.63. The van der Waals surface area contributed by atoms with Crippen molar-refractivity contribution in [1.29, 1.82) is 0 Å². The van der Waals surface area contributed by atoms with Crippen LogP contribution in [0, 0.1) is 5.92 Å². The lowest BCUT2D eigenvalue weighted by Gasteiger charge is -2.13. The molecule has 0 aliphatic carbocycles. The predicted molar refractivity (Wildman–Crippen MR) is 69.7 cm³/mol. The monoisotopic (exact) mass is 229 g/mol. The summed E-state index contributed by atoms with van der Waals surface area (Å²) in [6, 6.07) is 0. The number of nitrogens with one attached hydrogen (secondary N) is 1. The number of hydrogen-bond donors (Lipinski definition) is 1. The normalized spacial score (nSPS) is 21.2. The summed E-state index contributed by atoms with van der Waals surface area (Å²) in [6.45, 7) is 7.69. The summed E-state index contributed by atoms with van der Waals surface area (Å²) in [5, 5.41) is 5.24. The van der Waals surface area contributed by atoms with E-state index in [0.717, 1.165) is 30.7 Å². The van der Waals surface area contributed by atoms with Crippen LogP contribution < -0.4 is 5.32 Å². The van der Waals surface area contributed by atoms with Crippen molar-refractivity contribution in [2.24, 2.45) is 10.9 Å². The van der Waals surface area contributed by atoms with Crippen molar-refractivity contribution in [3.8, 4) is 0 Å². The summed E-state index contributed by atoms with van der Waals surface area (Å²) in [7, 11) is 4.22. The molecular formula is C11H23N3S. The van der Waals surface area contributed by atoms with Gasteiger partial charge in [-0.3, -0.25) is 4.99 Å². The van der Waals surface area contributed by atoms with Gasteiger partial charge in [-0.05, 0) is 33.0 Å². The van der Waals surface area contributed by atoms with Crippen LogP contribution in [0.4, 0.5) is 0 Å². The Morgan fingerprint density at radius 1 is 1.53 bits per heavy atom. The minimum absolute atomic E-state index is 0.682. The Kier molecular flexibility index (Phi) is 5.47. The van der Waals surface area contributed by atoms with Gasteiger partial charge in [0, 0.05) is 11.8 Å². The lowest BCUT2D eigenvalue weighted by Crippen LogP contribution is -2.24. The van der Waals surface area contributed by atoms with Gasteiger partial charge in [0.05, 0.1) is 6.54 Å². The second-order valence-corrected chi connectivity index (χ2v) is 5.86. The molecule has 3 nitrogen and oxygen atoms in total. The third-order valence-electron chi connectivity index (χ3n) is 2.48. The van der Waals surface area contributed by atoms with Gasteiger partial charge in [0.25, 0.3) is 0 Å². The average molecular weight is 229 g/mol. The molecule has 15 heavy (non-hydrogen) atoms. The topological polar surface area (TPSA) is 27.6 Å². The number of hydrogen-bond acceptors (Lipinski definition) is 4. The highest BCUT2D eigenvalue weighted by Gasteiger charge is 2.21. The maximum Gasteiger partial charge on any atom is 0.156 e. The van der Waals surface area contributed by atoms with Crippen molar-refractivity contribution in [2.75, 3.05) is 33.7 Å². The molecule has 0 saturated carbocycles. The first-order valence-corrected chi connectivity index (χ1v) is 6.57. The Morgan fingerprint density at radius 3 is 2.80 bits per heavy atom.